The van der Waals surface area contributed by atoms with Crippen molar-refractivity contribution >= 4 is 17.8 Å². The van der Waals surface area contributed by atoms with E-state index < -0.39 is 0 Å². The van der Waals surface area contributed by atoms with Crippen LogP contribution in [0.2, 0.25) is 0 Å². The summed E-state index contributed by atoms with van der Waals surface area (Å²) in [6, 6.07) is 0. The molecule has 0 aromatic heterocycles. The molecule has 47 heavy (non-hydrogen) atoms. The van der Waals surface area contributed by atoms with Gasteiger partial charge in [-0.15, -0.1) is 0 Å². The molecule has 5 aliphatic carbocycles. The van der Waals surface area contributed by atoms with Gasteiger partial charge in [-0.2, -0.15) is 0 Å². The summed E-state index contributed by atoms with van der Waals surface area (Å²) in [5.41, 5.74) is 1.58. The predicted molar refractivity (Wildman–Crippen MR) is 187 cm³/mol. The van der Waals surface area contributed by atoms with Crippen molar-refractivity contribution < 1.29 is 23.9 Å². The van der Waals surface area contributed by atoms with E-state index in [2.05, 4.69) is 58.2 Å². The molecule has 1 amide bonds. The third kappa shape index (κ3) is 5.94. The average molecular weight is 652 g/mol. The number of unbranched alkanes of at least 4 members (excludes halogenated alkanes) is 3. The molecule has 6 nitrogen and oxygen atoms in total. The predicted octanol–water partition coefficient (Wildman–Crippen LogP) is 8.98. The van der Waals surface area contributed by atoms with E-state index in [9.17, 15) is 14.4 Å². The van der Waals surface area contributed by atoms with E-state index in [0.717, 1.165) is 70.8 Å². The highest BCUT2D eigenvalue weighted by Crippen LogP contribution is 2.77. The van der Waals surface area contributed by atoms with Gasteiger partial charge in [-0.3, -0.25) is 9.59 Å². The van der Waals surface area contributed by atoms with Crippen LogP contribution in [0.25, 0.3) is 0 Å². The van der Waals surface area contributed by atoms with Crippen molar-refractivity contribution in [1.29, 1.82) is 0 Å². The number of hydrogen-bond donors (Lipinski definition) is 1. The van der Waals surface area contributed by atoms with E-state index >= 15 is 0 Å². The Morgan fingerprint density at radius 2 is 1.57 bits per heavy atom. The Kier molecular flexibility index (Phi) is 10.2. The Morgan fingerprint density at radius 3 is 2.26 bits per heavy atom. The summed E-state index contributed by atoms with van der Waals surface area (Å²) >= 11 is 0. The minimum Gasteiger partial charge on any atom is -0.466 e. The van der Waals surface area contributed by atoms with Crippen molar-refractivity contribution in [2.75, 3.05) is 13.7 Å². The summed E-state index contributed by atoms with van der Waals surface area (Å²) < 4.78 is 10.6. The second-order valence-electron chi connectivity index (χ2n) is 17.8. The lowest BCUT2D eigenvalue weighted by atomic mass is 9.32. The van der Waals surface area contributed by atoms with Gasteiger partial charge >= 0.3 is 11.9 Å². The lowest BCUT2D eigenvalue weighted by Crippen LogP contribution is -2.67. The molecular weight excluding hydrogens is 586 g/mol. The highest BCUT2D eigenvalue weighted by Gasteiger charge is 2.72. The van der Waals surface area contributed by atoms with Crippen LogP contribution in [0.4, 0.5) is 0 Å². The third-order valence-corrected chi connectivity index (χ3v) is 15.6. The van der Waals surface area contributed by atoms with Gasteiger partial charge in [-0.05, 0) is 136 Å². The maximum absolute atomic E-state index is 14.3. The van der Waals surface area contributed by atoms with Gasteiger partial charge in [0.2, 0.25) is 5.91 Å². The molecule has 0 spiro atoms. The number of ether oxygens (including phenoxy) is 2. The molecular formula is C41H65NO5. The molecule has 0 saturated heterocycles. The molecule has 0 aromatic rings. The van der Waals surface area contributed by atoms with Gasteiger partial charge in [0, 0.05) is 25.0 Å². The van der Waals surface area contributed by atoms with Gasteiger partial charge in [-0.25, -0.2) is 4.79 Å². The number of esters is 2. The molecule has 1 N–H and O–H groups in total. The standard InChI is InChI=1S/C41H65NO5/c1-27(2)29-18-23-41(36(45)42-26-14-12-10-11-13-15-34(44)46-9)25-24-39(7)30(35(29)41)16-17-32-38(6)21-20-33(47-28(3)43)37(4,5)31(38)19-22-40(32,39)8/h13,15,29-33,35H,1,10-12,14,16-26H2,2-9H3,(H,42,45)/b15-13+/t29-,30+,31-,32+,33-,35+,38-,39+,40+,41-/m0/s1. The van der Waals surface area contributed by atoms with E-state index in [-0.39, 0.29) is 45.1 Å². The van der Waals surface area contributed by atoms with Crippen molar-refractivity contribution in [3.05, 3.63) is 24.3 Å². The van der Waals surface area contributed by atoms with Gasteiger partial charge in [-0.1, -0.05) is 59.3 Å². The van der Waals surface area contributed by atoms with Crippen LogP contribution in [0.15, 0.2) is 24.3 Å². The highest BCUT2D eigenvalue weighted by molar-refractivity contribution is 5.84. The van der Waals surface area contributed by atoms with Gasteiger partial charge in [0.1, 0.15) is 6.10 Å². The van der Waals surface area contributed by atoms with E-state index in [1.165, 1.54) is 44.4 Å². The zero-order valence-corrected chi connectivity index (χ0v) is 31.0. The fraction of sp³-hybridized carbons (Fsp3) is 0.829. The Balaban J connectivity index is 1.33. The SMILES string of the molecule is C=C(C)[C@@H]1CC[C@]2(C(=O)NCCCCC/C=C/C(=O)OC)CC[C@]3(C)[C@H](CC[C@@H]4[C@@]5(C)CC[C@H](OC(C)=O)C(C)(C)[C@@H]5CC[C@]43C)[C@@H]12. The smallest absolute Gasteiger partial charge is 0.330 e. The molecule has 0 radical (unpaired) electrons. The molecule has 5 rings (SSSR count). The summed E-state index contributed by atoms with van der Waals surface area (Å²) in [4.78, 5) is 37.6. The van der Waals surface area contributed by atoms with Crippen LogP contribution in [-0.4, -0.2) is 37.6 Å². The quantitative estimate of drug-likeness (QED) is 0.110. The summed E-state index contributed by atoms with van der Waals surface area (Å²) in [5, 5.41) is 3.44. The first-order valence-corrected chi connectivity index (χ1v) is 18.9. The molecule has 5 aliphatic rings. The third-order valence-electron chi connectivity index (χ3n) is 15.6. The largest absolute Gasteiger partial charge is 0.466 e. The molecule has 5 fully saturated rings. The Labute approximate surface area is 285 Å². The topological polar surface area (TPSA) is 81.7 Å². The van der Waals surface area contributed by atoms with Crippen LogP contribution in [0, 0.1) is 56.7 Å². The van der Waals surface area contributed by atoms with Crippen LogP contribution < -0.4 is 5.32 Å². The highest BCUT2D eigenvalue weighted by atomic mass is 16.5. The fourth-order valence-corrected chi connectivity index (χ4v) is 13.1. The van der Waals surface area contributed by atoms with Crippen LogP contribution in [0.5, 0.6) is 0 Å². The van der Waals surface area contributed by atoms with Crippen molar-refractivity contribution in [1.82, 2.24) is 5.32 Å². The Morgan fingerprint density at radius 1 is 0.830 bits per heavy atom. The van der Waals surface area contributed by atoms with Crippen molar-refractivity contribution in [2.45, 2.75) is 144 Å². The number of fused-ring (bicyclic) bond motifs is 7. The molecule has 0 heterocycles. The van der Waals surface area contributed by atoms with E-state index in [1.807, 2.05) is 6.08 Å². The normalized spacial score (nSPS) is 42.0. The molecule has 0 aliphatic heterocycles. The van der Waals surface area contributed by atoms with Gasteiger partial charge in [0.25, 0.3) is 0 Å². The van der Waals surface area contributed by atoms with E-state index in [1.54, 1.807) is 6.92 Å². The first-order chi connectivity index (χ1) is 22.1. The van der Waals surface area contributed by atoms with E-state index in [4.69, 9.17) is 4.74 Å². The second-order valence-corrected chi connectivity index (χ2v) is 17.8. The number of amides is 1. The maximum Gasteiger partial charge on any atom is 0.330 e. The number of nitrogens with one attached hydrogen (secondary N) is 1. The van der Waals surface area contributed by atoms with E-state index in [0.29, 0.717) is 35.5 Å². The van der Waals surface area contributed by atoms with Crippen LogP contribution in [0.3, 0.4) is 0 Å². The van der Waals surface area contributed by atoms with Crippen molar-refractivity contribution in [3.8, 4) is 0 Å². The second kappa shape index (κ2) is 13.3. The van der Waals surface area contributed by atoms with Crippen LogP contribution in [-0.2, 0) is 23.9 Å². The minimum atomic E-state index is -0.309. The molecule has 0 bridgehead atoms. The average Bonchev–Trinajstić information content (AvgIpc) is 3.41. The van der Waals surface area contributed by atoms with Crippen molar-refractivity contribution in [3.63, 3.8) is 0 Å². The Hall–Kier alpha value is -2.11. The first-order valence-electron chi connectivity index (χ1n) is 18.9. The number of allylic oxidation sites excluding steroid dienone is 2. The van der Waals surface area contributed by atoms with Gasteiger partial charge in [0.05, 0.1) is 12.5 Å². The number of methoxy groups -OCH3 is 1. The number of carbonyl (C=O) groups is 3. The molecule has 0 aromatic carbocycles. The fourth-order valence-electron chi connectivity index (χ4n) is 13.1. The molecule has 264 valence electrons. The number of rotatable bonds is 10. The summed E-state index contributed by atoms with van der Waals surface area (Å²) in [7, 11) is 1.40. The Bertz CT molecular complexity index is 1250. The lowest BCUT2D eigenvalue weighted by molar-refractivity contribution is -0.248. The monoisotopic (exact) mass is 651 g/mol. The zero-order valence-electron chi connectivity index (χ0n) is 31.0. The maximum atomic E-state index is 14.3. The minimum absolute atomic E-state index is 0.00128. The summed E-state index contributed by atoms with van der Waals surface area (Å²) in [6.45, 7) is 21.6. The molecule has 6 heteroatoms. The zero-order chi connectivity index (χ0) is 34.4. The first kappa shape index (κ1) is 36.2. The number of hydrogen-bond acceptors (Lipinski definition) is 5. The van der Waals surface area contributed by atoms with Gasteiger partial charge < -0.3 is 14.8 Å². The molecule has 0 unspecified atom stereocenters. The van der Waals surface area contributed by atoms with Crippen LogP contribution >= 0.6 is 0 Å². The molecule has 10 atom stereocenters. The van der Waals surface area contributed by atoms with Crippen molar-refractivity contribution in [2.24, 2.45) is 56.7 Å². The lowest BCUT2D eigenvalue weighted by Gasteiger charge is -2.72. The number of carbonyl (C=O) groups excluding carboxylic acids is 3. The van der Waals surface area contributed by atoms with Gasteiger partial charge in [0.15, 0.2) is 0 Å². The summed E-state index contributed by atoms with van der Waals surface area (Å²) in [6.07, 6.45) is 18.3. The van der Waals surface area contributed by atoms with Crippen LogP contribution in [0.1, 0.15) is 138 Å². The summed E-state index contributed by atoms with van der Waals surface area (Å²) in [5.74, 6) is 2.32. The molecule has 5 saturated carbocycles.